The molecule has 2 aliphatic rings. The second-order valence-electron chi connectivity index (χ2n) is 5.92. The Morgan fingerprint density at radius 2 is 2.10 bits per heavy atom. The zero-order valence-electron chi connectivity index (χ0n) is 12.2. The molecule has 0 amide bonds. The Balaban J connectivity index is 1.67. The number of hydrogen-bond donors (Lipinski definition) is 1. The Morgan fingerprint density at radius 1 is 1.25 bits per heavy atom. The van der Waals surface area contributed by atoms with Gasteiger partial charge in [0.2, 0.25) is 0 Å². The Labute approximate surface area is 120 Å². The minimum absolute atomic E-state index is 0.344. The summed E-state index contributed by atoms with van der Waals surface area (Å²) < 4.78 is 5.14. The highest BCUT2D eigenvalue weighted by Crippen LogP contribution is 2.27. The van der Waals surface area contributed by atoms with Crippen LogP contribution in [0.2, 0.25) is 0 Å². The highest BCUT2D eigenvalue weighted by molar-refractivity contribution is 5.39. The van der Waals surface area contributed by atoms with Gasteiger partial charge in [0.25, 0.3) is 0 Å². The lowest BCUT2D eigenvalue weighted by Crippen LogP contribution is -2.36. The molecule has 2 aliphatic heterocycles. The van der Waals surface area contributed by atoms with Crippen molar-refractivity contribution in [3.63, 3.8) is 0 Å². The van der Waals surface area contributed by atoms with Gasteiger partial charge >= 0.3 is 0 Å². The fraction of sp³-hybridized carbons (Fsp3) is 0.625. The summed E-state index contributed by atoms with van der Waals surface area (Å²) >= 11 is 0. The topological polar surface area (TPSA) is 35.9 Å². The van der Waals surface area contributed by atoms with Crippen molar-refractivity contribution in [2.24, 2.45) is 0 Å². The van der Waals surface area contributed by atoms with E-state index < -0.39 is 0 Å². The average molecular weight is 276 g/mol. The molecule has 0 radical (unpaired) electrons. The second kappa shape index (κ2) is 6.02. The van der Waals surface area contributed by atoms with E-state index in [1.165, 1.54) is 32.4 Å². The quantitative estimate of drug-likeness (QED) is 0.917. The monoisotopic (exact) mass is 276 g/mol. The molecular weight excluding hydrogens is 252 g/mol. The van der Waals surface area contributed by atoms with Crippen molar-refractivity contribution < 1.29 is 9.84 Å². The lowest BCUT2D eigenvalue weighted by atomic mass is 10.1. The van der Waals surface area contributed by atoms with Gasteiger partial charge in [-0.3, -0.25) is 9.80 Å². The number of aromatic hydroxyl groups is 1. The van der Waals surface area contributed by atoms with Gasteiger partial charge in [-0.15, -0.1) is 0 Å². The SMILES string of the molecule is COc1ccc(CN2CCCN3CCCC3C2)c(O)c1. The van der Waals surface area contributed by atoms with Crippen LogP contribution in [0.25, 0.3) is 0 Å². The summed E-state index contributed by atoms with van der Waals surface area (Å²) in [5.41, 5.74) is 0.997. The Hall–Kier alpha value is -1.26. The molecule has 0 aromatic heterocycles. The number of nitrogens with zero attached hydrogens (tertiary/aromatic N) is 2. The van der Waals surface area contributed by atoms with Gasteiger partial charge in [-0.1, -0.05) is 6.07 Å². The largest absolute Gasteiger partial charge is 0.507 e. The van der Waals surface area contributed by atoms with E-state index in [-0.39, 0.29) is 0 Å². The molecule has 0 spiro atoms. The van der Waals surface area contributed by atoms with Crippen LogP contribution in [-0.2, 0) is 6.54 Å². The van der Waals surface area contributed by atoms with E-state index in [0.29, 0.717) is 11.5 Å². The highest BCUT2D eigenvalue weighted by Gasteiger charge is 2.28. The van der Waals surface area contributed by atoms with E-state index >= 15 is 0 Å². The molecule has 2 fully saturated rings. The molecule has 1 atom stereocenters. The van der Waals surface area contributed by atoms with E-state index in [0.717, 1.165) is 31.2 Å². The Kier molecular flexibility index (Phi) is 4.13. The van der Waals surface area contributed by atoms with Crippen molar-refractivity contribution in [2.75, 3.05) is 33.3 Å². The zero-order chi connectivity index (χ0) is 13.9. The van der Waals surface area contributed by atoms with E-state index in [1.54, 1.807) is 13.2 Å². The predicted octanol–water partition coefficient (Wildman–Crippen LogP) is 2.07. The number of phenolic OH excluding ortho intramolecular Hbond substituents is 1. The van der Waals surface area contributed by atoms with Crippen LogP contribution in [0.1, 0.15) is 24.8 Å². The molecule has 1 N–H and O–H groups in total. The smallest absolute Gasteiger partial charge is 0.123 e. The summed E-state index contributed by atoms with van der Waals surface area (Å²) in [5, 5.41) is 10.1. The number of ether oxygens (including phenoxy) is 1. The van der Waals surface area contributed by atoms with Crippen molar-refractivity contribution in [2.45, 2.75) is 31.8 Å². The third-order valence-electron chi connectivity index (χ3n) is 4.57. The molecule has 110 valence electrons. The van der Waals surface area contributed by atoms with Crippen LogP contribution in [0, 0.1) is 0 Å². The number of phenols is 1. The van der Waals surface area contributed by atoms with Gasteiger partial charge < -0.3 is 9.84 Å². The number of rotatable bonds is 3. The fourth-order valence-electron chi connectivity index (χ4n) is 3.47. The van der Waals surface area contributed by atoms with Crippen molar-refractivity contribution in [1.82, 2.24) is 9.80 Å². The van der Waals surface area contributed by atoms with Gasteiger partial charge in [0.15, 0.2) is 0 Å². The fourth-order valence-corrected chi connectivity index (χ4v) is 3.47. The van der Waals surface area contributed by atoms with Gasteiger partial charge in [-0.25, -0.2) is 0 Å². The van der Waals surface area contributed by atoms with Gasteiger partial charge in [0, 0.05) is 30.8 Å². The van der Waals surface area contributed by atoms with Crippen LogP contribution in [0.4, 0.5) is 0 Å². The lowest BCUT2D eigenvalue weighted by Gasteiger charge is -2.25. The zero-order valence-corrected chi connectivity index (χ0v) is 12.2. The van der Waals surface area contributed by atoms with Crippen molar-refractivity contribution >= 4 is 0 Å². The maximum absolute atomic E-state index is 10.1. The molecule has 1 aromatic rings. The molecule has 0 aliphatic carbocycles. The predicted molar refractivity (Wildman–Crippen MR) is 79.1 cm³/mol. The number of fused-ring (bicyclic) bond motifs is 1. The molecule has 20 heavy (non-hydrogen) atoms. The minimum atomic E-state index is 0.344. The van der Waals surface area contributed by atoms with Crippen molar-refractivity contribution in [1.29, 1.82) is 0 Å². The lowest BCUT2D eigenvalue weighted by molar-refractivity contribution is 0.214. The normalized spacial score (nSPS) is 24.4. The van der Waals surface area contributed by atoms with Crippen LogP contribution in [0.3, 0.4) is 0 Å². The van der Waals surface area contributed by atoms with Crippen LogP contribution in [0.5, 0.6) is 11.5 Å². The number of methoxy groups -OCH3 is 1. The maximum Gasteiger partial charge on any atom is 0.123 e. The first-order valence-corrected chi connectivity index (χ1v) is 7.58. The molecule has 2 heterocycles. The van der Waals surface area contributed by atoms with Gasteiger partial charge in [0.05, 0.1) is 7.11 Å². The second-order valence-corrected chi connectivity index (χ2v) is 5.92. The summed E-state index contributed by atoms with van der Waals surface area (Å²) in [6, 6.07) is 6.33. The first kappa shape index (κ1) is 13.7. The molecule has 4 heteroatoms. The summed E-state index contributed by atoms with van der Waals surface area (Å²) in [4.78, 5) is 5.12. The molecular formula is C16H24N2O2. The van der Waals surface area contributed by atoms with Crippen molar-refractivity contribution in [3.8, 4) is 11.5 Å². The summed E-state index contributed by atoms with van der Waals surface area (Å²) in [5.74, 6) is 1.06. The molecule has 4 nitrogen and oxygen atoms in total. The van der Waals surface area contributed by atoms with Gasteiger partial charge in [-0.2, -0.15) is 0 Å². The third-order valence-corrected chi connectivity index (χ3v) is 4.57. The highest BCUT2D eigenvalue weighted by atomic mass is 16.5. The number of hydrogen-bond acceptors (Lipinski definition) is 4. The summed E-state index contributed by atoms with van der Waals surface area (Å²) in [7, 11) is 1.62. The molecule has 1 aromatic carbocycles. The molecule has 1 unspecified atom stereocenters. The first-order chi connectivity index (χ1) is 9.76. The molecule has 3 rings (SSSR count). The first-order valence-electron chi connectivity index (χ1n) is 7.58. The standard InChI is InChI=1S/C16H24N2O2/c1-20-15-6-5-13(16(19)10-15)11-17-7-3-9-18-8-2-4-14(18)12-17/h5-6,10,14,19H,2-4,7-9,11-12H2,1H3. The van der Waals surface area contributed by atoms with Crippen LogP contribution in [-0.4, -0.2) is 54.2 Å². The van der Waals surface area contributed by atoms with Crippen LogP contribution in [0.15, 0.2) is 18.2 Å². The average Bonchev–Trinajstić information content (AvgIpc) is 2.80. The van der Waals surface area contributed by atoms with E-state index in [4.69, 9.17) is 4.74 Å². The van der Waals surface area contributed by atoms with E-state index in [1.807, 2.05) is 12.1 Å². The van der Waals surface area contributed by atoms with E-state index in [2.05, 4.69) is 9.80 Å². The molecule has 2 saturated heterocycles. The van der Waals surface area contributed by atoms with Gasteiger partial charge in [0.1, 0.15) is 11.5 Å². The Bertz CT molecular complexity index is 464. The van der Waals surface area contributed by atoms with E-state index in [9.17, 15) is 5.11 Å². The minimum Gasteiger partial charge on any atom is -0.507 e. The molecule has 0 saturated carbocycles. The van der Waals surface area contributed by atoms with Crippen LogP contribution < -0.4 is 4.74 Å². The summed E-state index contributed by atoms with van der Waals surface area (Å²) in [6.07, 6.45) is 3.89. The maximum atomic E-state index is 10.1. The Morgan fingerprint density at radius 3 is 2.90 bits per heavy atom. The third kappa shape index (κ3) is 2.91. The molecule has 0 bridgehead atoms. The number of benzene rings is 1. The van der Waals surface area contributed by atoms with Crippen molar-refractivity contribution in [3.05, 3.63) is 23.8 Å². The van der Waals surface area contributed by atoms with Crippen LogP contribution >= 0.6 is 0 Å². The summed E-state index contributed by atoms with van der Waals surface area (Å²) in [6.45, 7) is 5.59. The van der Waals surface area contributed by atoms with Gasteiger partial charge in [-0.05, 0) is 45.0 Å².